The topological polar surface area (TPSA) is 9.23 Å². The molecule has 2 atom stereocenters. The molecule has 0 heterocycles. The highest BCUT2D eigenvalue weighted by molar-refractivity contribution is 9.10. The van der Waals surface area contributed by atoms with E-state index in [0.717, 1.165) is 40.5 Å². The van der Waals surface area contributed by atoms with Gasteiger partial charge in [-0.3, -0.25) is 0 Å². The van der Waals surface area contributed by atoms with Gasteiger partial charge in [0.25, 0.3) is 0 Å². The van der Waals surface area contributed by atoms with E-state index in [1.165, 1.54) is 6.42 Å². The molecule has 1 nitrogen and oxygen atoms in total. The third-order valence-corrected chi connectivity index (χ3v) is 4.66. The molecule has 1 aliphatic carbocycles. The van der Waals surface area contributed by atoms with E-state index >= 15 is 0 Å². The second kappa shape index (κ2) is 6.29. The predicted molar refractivity (Wildman–Crippen MR) is 80.3 cm³/mol. The van der Waals surface area contributed by atoms with E-state index in [1.54, 1.807) is 0 Å². The lowest BCUT2D eigenvalue weighted by Crippen LogP contribution is -2.28. The molecule has 0 amide bonds. The first-order valence-electron chi connectivity index (χ1n) is 6.59. The van der Waals surface area contributed by atoms with Crippen LogP contribution in [0.1, 0.15) is 38.7 Å². The Balaban J connectivity index is 2.04. The summed E-state index contributed by atoms with van der Waals surface area (Å²) in [5.41, 5.74) is 1.09. The van der Waals surface area contributed by atoms with Gasteiger partial charge in [-0.2, -0.15) is 0 Å². The first kappa shape index (κ1) is 14.2. The number of hydrogen-bond donors (Lipinski definition) is 0. The summed E-state index contributed by atoms with van der Waals surface area (Å²) in [5, 5.41) is 0. The SMILES string of the molecule is CC1CC(C)CC(Oc2ccc(Br)c(CCl)c2)C1. The molecule has 0 aromatic heterocycles. The van der Waals surface area contributed by atoms with Crippen LogP contribution in [0.2, 0.25) is 0 Å². The Morgan fingerprint density at radius 2 is 1.89 bits per heavy atom. The molecule has 18 heavy (non-hydrogen) atoms. The Labute approximate surface area is 123 Å². The maximum atomic E-state index is 6.11. The van der Waals surface area contributed by atoms with Crippen molar-refractivity contribution >= 4 is 27.5 Å². The zero-order valence-electron chi connectivity index (χ0n) is 11.0. The van der Waals surface area contributed by atoms with Gasteiger partial charge in [0.05, 0.1) is 6.10 Å². The van der Waals surface area contributed by atoms with Crippen LogP contribution in [0.25, 0.3) is 0 Å². The minimum atomic E-state index is 0.355. The predicted octanol–water partition coefficient (Wildman–Crippen LogP) is 5.39. The van der Waals surface area contributed by atoms with E-state index in [1.807, 2.05) is 18.2 Å². The molecule has 1 aromatic rings. The molecule has 0 aliphatic heterocycles. The molecule has 0 bridgehead atoms. The summed E-state index contributed by atoms with van der Waals surface area (Å²) in [6.07, 6.45) is 4.01. The van der Waals surface area contributed by atoms with Gasteiger partial charge in [-0.25, -0.2) is 0 Å². The first-order chi connectivity index (χ1) is 8.58. The van der Waals surface area contributed by atoms with Gasteiger partial charge in [0.1, 0.15) is 5.75 Å². The lowest BCUT2D eigenvalue weighted by atomic mass is 9.82. The van der Waals surface area contributed by atoms with Crippen LogP contribution in [0.15, 0.2) is 22.7 Å². The van der Waals surface area contributed by atoms with E-state index in [0.29, 0.717) is 12.0 Å². The summed E-state index contributed by atoms with van der Waals surface area (Å²) in [4.78, 5) is 0. The lowest BCUT2D eigenvalue weighted by Gasteiger charge is -2.31. The minimum Gasteiger partial charge on any atom is -0.490 e. The Morgan fingerprint density at radius 1 is 1.22 bits per heavy atom. The average molecular weight is 332 g/mol. The molecule has 2 rings (SSSR count). The van der Waals surface area contributed by atoms with Crippen molar-refractivity contribution in [1.82, 2.24) is 0 Å². The second-order valence-electron chi connectivity index (χ2n) is 5.54. The molecular formula is C15H20BrClO. The summed E-state index contributed by atoms with van der Waals surface area (Å²) < 4.78 is 7.17. The summed E-state index contributed by atoms with van der Waals surface area (Å²) in [6, 6.07) is 6.08. The van der Waals surface area contributed by atoms with Crippen molar-refractivity contribution in [2.24, 2.45) is 11.8 Å². The molecule has 0 saturated heterocycles. The van der Waals surface area contributed by atoms with E-state index in [2.05, 4.69) is 29.8 Å². The summed E-state index contributed by atoms with van der Waals surface area (Å²) >= 11 is 9.40. The van der Waals surface area contributed by atoms with Gasteiger partial charge >= 0.3 is 0 Å². The Kier molecular flexibility index (Phi) is 4.97. The standard InChI is InChI=1S/C15H20BrClO/c1-10-5-11(2)7-14(6-10)18-13-3-4-15(16)12(8-13)9-17/h3-4,8,10-11,14H,5-7,9H2,1-2H3. The van der Waals surface area contributed by atoms with Crippen LogP contribution in [0, 0.1) is 11.8 Å². The molecule has 1 saturated carbocycles. The molecule has 100 valence electrons. The van der Waals surface area contributed by atoms with Crippen LogP contribution in [0.5, 0.6) is 5.75 Å². The molecule has 2 unspecified atom stereocenters. The highest BCUT2D eigenvalue weighted by Crippen LogP contribution is 2.32. The zero-order chi connectivity index (χ0) is 13.1. The van der Waals surface area contributed by atoms with Crippen molar-refractivity contribution in [3.63, 3.8) is 0 Å². The number of benzene rings is 1. The highest BCUT2D eigenvalue weighted by atomic mass is 79.9. The molecule has 0 radical (unpaired) electrons. The molecule has 1 fully saturated rings. The first-order valence-corrected chi connectivity index (χ1v) is 7.92. The minimum absolute atomic E-state index is 0.355. The Hall–Kier alpha value is -0.210. The van der Waals surface area contributed by atoms with Gasteiger partial charge in [0.2, 0.25) is 0 Å². The van der Waals surface area contributed by atoms with Crippen LogP contribution < -0.4 is 4.74 Å². The fourth-order valence-corrected chi connectivity index (χ4v) is 3.66. The van der Waals surface area contributed by atoms with Crippen molar-refractivity contribution in [3.05, 3.63) is 28.2 Å². The van der Waals surface area contributed by atoms with E-state index in [-0.39, 0.29) is 0 Å². The summed E-state index contributed by atoms with van der Waals surface area (Å²) in [6.45, 7) is 4.63. The quantitative estimate of drug-likeness (QED) is 0.675. The molecule has 0 spiro atoms. The van der Waals surface area contributed by atoms with Crippen molar-refractivity contribution in [3.8, 4) is 5.75 Å². The van der Waals surface area contributed by atoms with E-state index in [4.69, 9.17) is 16.3 Å². The number of rotatable bonds is 3. The molecule has 1 aromatic carbocycles. The van der Waals surface area contributed by atoms with Gasteiger partial charge in [0, 0.05) is 10.4 Å². The van der Waals surface area contributed by atoms with Gasteiger partial charge in [-0.05, 0) is 54.9 Å². The largest absolute Gasteiger partial charge is 0.490 e. The fraction of sp³-hybridized carbons (Fsp3) is 0.600. The van der Waals surface area contributed by atoms with Gasteiger partial charge in [0.15, 0.2) is 0 Å². The fourth-order valence-electron chi connectivity index (χ4n) is 2.89. The lowest BCUT2D eigenvalue weighted by molar-refractivity contribution is 0.101. The number of hydrogen-bond acceptors (Lipinski definition) is 1. The van der Waals surface area contributed by atoms with E-state index < -0.39 is 0 Å². The average Bonchev–Trinajstić information content (AvgIpc) is 2.30. The van der Waals surface area contributed by atoms with Gasteiger partial charge < -0.3 is 4.74 Å². The van der Waals surface area contributed by atoms with E-state index in [9.17, 15) is 0 Å². The van der Waals surface area contributed by atoms with Gasteiger partial charge in [-0.1, -0.05) is 29.8 Å². The zero-order valence-corrected chi connectivity index (χ0v) is 13.3. The summed E-state index contributed by atoms with van der Waals surface area (Å²) in [5.74, 6) is 2.98. The molecular weight excluding hydrogens is 312 g/mol. The van der Waals surface area contributed by atoms with Crippen molar-refractivity contribution in [2.75, 3.05) is 0 Å². The maximum absolute atomic E-state index is 6.11. The van der Waals surface area contributed by atoms with Crippen molar-refractivity contribution in [2.45, 2.75) is 45.1 Å². The summed E-state index contributed by atoms with van der Waals surface area (Å²) in [7, 11) is 0. The number of alkyl halides is 1. The maximum Gasteiger partial charge on any atom is 0.120 e. The third-order valence-electron chi connectivity index (χ3n) is 3.60. The highest BCUT2D eigenvalue weighted by Gasteiger charge is 2.25. The van der Waals surface area contributed by atoms with Crippen LogP contribution in [0.3, 0.4) is 0 Å². The number of halogens is 2. The molecule has 1 aliphatic rings. The van der Waals surface area contributed by atoms with Crippen LogP contribution >= 0.6 is 27.5 Å². The Morgan fingerprint density at radius 3 is 2.50 bits per heavy atom. The molecule has 3 heteroatoms. The van der Waals surface area contributed by atoms with Crippen LogP contribution in [-0.2, 0) is 5.88 Å². The smallest absolute Gasteiger partial charge is 0.120 e. The van der Waals surface area contributed by atoms with Gasteiger partial charge in [-0.15, -0.1) is 11.6 Å². The normalized spacial score (nSPS) is 28.1. The number of ether oxygens (including phenoxy) is 1. The third kappa shape index (κ3) is 3.64. The molecule has 0 N–H and O–H groups in total. The second-order valence-corrected chi connectivity index (χ2v) is 6.67. The van der Waals surface area contributed by atoms with Crippen molar-refractivity contribution < 1.29 is 4.74 Å². The van der Waals surface area contributed by atoms with Crippen molar-refractivity contribution in [1.29, 1.82) is 0 Å². The monoisotopic (exact) mass is 330 g/mol. The van der Waals surface area contributed by atoms with Crippen LogP contribution in [0.4, 0.5) is 0 Å². The Bertz CT molecular complexity index is 397. The van der Waals surface area contributed by atoms with Crippen LogP contribution in [-0.4, -0.2) is 6.10 Å².